The standard InChI is InChI=1S/C23H20N2O3/c1-2-25-19-6-4-3-5-17(19)18-14-16(8-9-20(18)25)24-23(26)15-7-10-21-22(13-15)28-12-11-27-21/h3-10,13-14H,2,11-12H2,1H3,(H,24,26). The number of anilines is 1. The van der Waals surface area contributed by atoms with E-state index in [1.807, 2.05) is 18.2 Å². The Labute approximate surface area is 162 Å². The van der Waals surface area contributed by atoms with E-state index in [0.717, 1.165) is 17.6 Å². The molecule has 5 heteroatoms. The summed E-state index contributed by atoms with van der Waals surface area (Å²) in [5, 5.41) is 5.33. The van der Waals surface area contributed by atoms with Crippen LogP contribution in [0, 0.1) is 0 Å². The van der Waals surface area contributed by atoms with Crippen LogP contribution in [0.25, 0.3) is 21.8 Å². The van der Waals surface area contributed by atoms with E-state index in [0.29, 0.717) is 30.3 Å². The van der Waals surface area contributed by atoms with Crippen LogP contribution in [0.5, 0.6) is 11.5 Å². The maximum atomic E-state index is 12.7. The quantitative estimate of drug-likeness (QED) is 0.560. The molecule has 0 fully saturated rings. The fourth-order valence-corrected chi connectivity index (χ4v) is 3.86. The van der Waals surface area contributed by atoms with Crippen LogP contribution in [0.15, 0.2) is 60.7 Å². The van der Waals surface area contributed by atoms with Gasteiger partial charge >= 0.3 is 0 Å². The SMILES string of the molecule is CCn1c2ccccc2c2cc(NC(=O)c3ccc4c(c3)OCCO4)ccc21. The van der Waals surface area contributed by atoms with Gasteiger partial charge in [-0.3, -0.25) is 4.79 Å². The molecule has 0 saturated heterocycles. The fraction of sp³-hybridized carbons (Fsp3) is 0.174. The molecule has 0 unspecified atom stereocenters. The Kier molecular flexibility index (Phi) is 3.93. The Balaban J connectivity index is 1.50. The summed E-state index contributed by atoms with van der Waals surface area (Å²) in [6, 6.07) is 19.7. The van der Waals surface area contributed by atoms with Gasteiger partial charge in [0.25, 0.3) is 5.91 Å². The molecular weight excluding hydrogens is 352 g/mol. The molecule has 0 radical (unpaired) electrons. The van der Waals surface area contributed by atoms with E-state index in [9.17, 15) is 4.79 Å². The van der Waals surface area contributed by atoms with Crippen molar-refractivity contribution in [3.05, 3.63) is 66.2 Å². The number of aryl methyl sites for hydroxylation is 1. The van der Waals surface area contributed by atoms with Gasteiger partial charge in [0.15, 0.2) is 11.5 Å². The summed E-state index contributed by atoms with van der Waals surface area (Å²) < 4.78 is 13.4. The van der Waals surface area contributed by atoms with Gasteiger partial charge in [-0.2, -0.15) is 0 Å². The predicted octanol–water partition coefficient (Wildman–Crippen LogP) is 4.84. The van der Waals surface area contributed by atoms with E-state index in [2.05, 4.69) is 41.1 Å². The minimum absolute atomic E-state index is 0.171. The summed E-state index contributed by atoms with van der Waals surface area (Å²) in [5.41, 5.74) is 3.68. The van der Waals surface area contributed by atoms with Crippen LogP contribution in [0.4, 0.5) is 5.69 Å². The topological polar surface area (TPSA) is 52.5 Å². The second kappa shape index (κ2) is 6.60. The van der Waals surface area contributed by atoms with Crippen LogP contribution in [0.2, 0.25) is 0 Å². The zero-order valence-electron chi connectivity index (χ0n) is 15.6. The zero-order chi connectivity index (χ0) is 19.1. The lowest BCUT2D eigenvalue weighted by Gasteiger charge is -2.18. The normalized spacial score (nSPS) is 13.0. The number of hydrogen-bond acceptors (Lipinski definition) is 3. The molecule has 1 aromatic heterocycles. The van der Waals surface area contributed by atoms with Crippen molar-refractivity contribution in [1.82, 2.24) is 4.57 Å². The number of ether oxygens (including phenoxy) is 2. The Morgan fingerprint density at radius 3 is 2.57 bits per heavy atom. The van der Waals surface area contributed by atoms with Gasteiger partial charge in [0.1, 0.15) is 13.2 Å². The third-order valence-corrected chi connectivity index (χ3v) is 5.15. The van der Waals surface area contributed by atoms with Gasteiger partial charge in [-0.05, 0) is 49.4 Å². The lowest BCUT2D eigenvalue weighted by atomic mass is 10.1. The second-order valence-electron chi connectivity index (χ2n) is 6.81. The molecule has 5 nitrogen and oxygen atoms in total. The van der Waals surface area contributed by atoms with Gasteiger partial charge in [0.2, 0.25) is 0 Å². The van der Waals surface area contributed by atoms with Gasteiger partial charge in [0, 0.05) is 39.6 Å². The first kappa shape index (κ1) is 16.7. The summed E-state index contributed by atoms with van der Waals surface area (Å²) in [4.78, 5) is 12.7. The van der Waals surface area contributed by atoms with E-state index in [-0.39, 0.29) is 5.91 Å². The largest absolute Gasteiger partial charge is 0.486 e. The van der Waals surface area contributed by atoms with E-state index in [1.54, 1.807) is 18.2 Å². The molecule has 0 spiro atoms. The van der Waals surface area contributed by atoms with E-state index < -0.39 is 0 Å². The van der Waals surface area contributed by atoms with Crippen LogP contribution < -0.4 is 14.8 Å². The minimum atomic E-state index is -0.171. The zero-order valence-corrected chi connectivity index (χ0v) is 15.6. The maximum Gasteiger partial charge on any atom is 0.255 e. The van der Waals surface area contributed by atoms with Crippen LogP contribution >= 0.6 is 0 Å². The molecule has 2 heterocycles. The van der Waals surface area contributed by atoms with Crippen molar-refractivity contribution >= 4 is 33.4 Å². The van der Waals surface area contributed by atoms with E-state index >= 15 is 0 Å². The molecule has 1 N–H and O–H groups in total. The van der Waals surface area contributed by atoms with Gasteiger partial charge in [0.05, 0.1) is 0 Å². The van der Waals surface area contributed by atoms with Crippen LogP contribution in [-0.4, -0.2) is 23.7 Å². The number of carbonyl (C=O) groups is 1. The molecule has 0 saturated carbocycles. The number of fused-ring (bicyclic) bond motifs is 4. The lowest BCUT2D eigenvalue weighted by Crippen LogP contribution is -2.17. The summed E-state index contributed by atoms with van der Waals surface area (Å²) in [6.45, 7) is 4.07. The summed E-state index contributed by atoms with van der Waals surface area (Å²) in [5.74, 6) is 1.12. The molecule has 4 aromatic rings. The van der Waals surface area contributed by atoms with E-state index in [4.69, 9.17) is 9.47 Å². The molecule has 28 heavy (non-hydrogen) atoms. The number of aromatic nitrogens is 1. The van der Waals surface area contributed by atoms with Crippen molar-refractivity contribution < 1.29 is 14.3 Å². The summed E-state index contributed by atoms with van der Waals surface area (Å²) in [7, 11) is 0. The molecule has 1 aliphatic rings. The molecule has 5 rings (SSSR count). The summed E-state index contributed by atoms with van der Waals surface area (Å²) in [6.07, 6.45) is 0. The highest BCUT2D eigenvalue weighted by Crippen LogP contribution is 2.32. The first-order valence-corrected chi connectivity index (χ1v) is 9.46. The number of carbonyl (C=O) groups excluding carboxylic acids is 1. The third-order valence-electron chi connectivity index (χ3n) is 5.15. The van der Waals surface area contributed by atoms with Crippen molar-refractivity contribution in [2.75, 3.05) is 18.5 Å². The number of rotatable bonds is 3. The Bertz CT molecular complexity index is 1210. The van der Waals surface area contributed by atoms with Gasteiger partial charge in [-0.15, -0.1) is 0 Å². The van der Waals surface area contributed by atoms with Crippen LogP contribution in [0.1, 0.15) is 17.3 Å². The monoisotopic (exact) mass is 372 g/mol. The van der Waals surface area contributed by atoms with Crippen LogP contribution in [-0.2, 0) is 6.54 Å². The number of hydrogen-bond donors (Lipinski definition) is 1. The van der Waals surface area contributed by atoms with Gasteiger partial charge in [-0.25, -0.2) is 0 Å². The van der Waals surface area contributed by atoms with Gasteiger partial charge in [-0.1, -0.05) is 18.2 Å². The number of nitrogens with one attached hydrogen (secondary N) is 1. The van der Waals surface area contributed by atoms with Crippen molar-refractivity contribution in [1.29, 1.82) is 0 Å². The number of benzene rings is 3. The molecular formula is C23H20N2O3. The highest BCUT2D eigenvalue weighted by Gasteiger charge is 2.16. The number of amides is 1. The molecule has 3 aromatic carbocycles. The second-order valence-corrected chi connectivity index (χ2v) is 6.81. The smallest absolute Gasteiger partial charge is 0.255 e. The molecule has 1 aliphatic heterocycles. The average molecular weight is 372 g/mol. The van der Waals surface area contributed by atoms with Crippen molar-refractivity contribution in [3.8, 4) is 11.5 Å². The molecule has 0 atom stereocenters. The highest BCUT2D eigenvalue weighted by atomic mass is 16.6. The third kappa shape index (κ3) is 2.67. The molecule has 0 bridgehead atoms. The Morgan fingerprint density at radius 1 is 0.929 bits per heavy atom. The summed E-state index contributed by atoms with van der Waals surface area (Å²) >= 11 is 0. The van der Waals surface area contributed by atoms with Crippen molar-refractivity contribution in [2.45, 2.75) is 13.5 Å². The fourth-order valence-electron chi connectivity index (χ4n) is 3.86. The maximum absolute atomic E-state index is 12.7. The first-order valence-electron chi connectivity index (χ1n) is 9.46. The van der Waals surface area contributed by atoms with Crippen molar-refractivity contribution in [3.63, 3.8) is 0 Å². The van der Waals surface area contributed by atoms with E-state index in [1.165, 1.54) is 16.4 Å². The number of nitrogens with zero attached hydrogens (tertiary/aromatic N) is 1. The molecule has 0 aliphatic carbocycles. The predicted molar refractivity (Wildman–Crippen MR) is 111 cm³/mol. The van der Waals surface area contributed by atoms with Crippen LogP contribution in [0.3, 0.4) is 0 Å². The first-order chi connectivity index (χ1) is 13.7. The molecule has 140 valence electrons. The van der Waals surface area contributed by atoms with Crippen molar-refractivity contribution in [2.24, 2.45) is 0 Å². The Morgan fingerprint density at radius 2 is 1.71 bits per heavy atom. The lowest BCUT2D eigenvalue weighted by molar-refractivity contribution is 0.102. The van der Waals surface area contributed by atoms with Gasteiger partial charge < -0.3 is 19.4 Å². The Hall–Kier alpha value is -3.47. The number of para-hydroxylation sites is 1. The average Bonchev–Trinajstić information content (AvgIpc) is 3.06. The minimum Gasteiger partial charge on any atom is -0.486 e. The highest BCUT2D eigenvalue weighted by molar-refractivity contribution is 6.11. The molecule has 1 amide bonds.